The van der Waals surface area contributed by atoms with Crippen LogP contribution < -0.4 is 10.2 Å². The van der Waals surface area contributed by atoms with Gasteiger partial charge in [0.2, 0.25) is 0 Å². The number of ether oxygens (including phenoxy) is 1. The molecule has 7 heteroatoms. The van der Waals surface area contributed by atoms with Crippen LogP contribution in [-0.4, -0.2) is 23.1 Å². The summed E-state index contributed by atoms with van der Waals surface area (Å²) >= 11 is 3.37. The molecule has 0 radical (unpaired) electrons. The molecule has 0 spiro atoms. The molecule has 0 aliphatic carbocycles. The third-order valence-electron chi connectivity index (χ3n) is 3.48. The molecule has 3 rings (SSSR count). The number of nitrogens with one attached hydrogen (secondary N) is 1. The summed E-state index contributed by atoms with van der Waals surface area (Å²) in [6.07, 6.45) is 4.43. The molecule has 1 aromatic heterocycles. The predicted molar refractivity (Wildman–Crippen MR) is 105 cm³/mol. The van der Waals surface area contributed by atoms with Crippen LogP contribution >= 0.6 is 15.9 Å². The molecule has 0 aliphatic rings. The van der Waals surface area contributed by atoms with Crippen LogP contribution in [0.4, 0.5) is 0 Å². The Hall–Kier alpha value is -3.32. The first-order valence-electron chi connectivity index (χ1n) is 7.94. The molecule has 1 N–H and O–H groups in total. The lowest BCUT2D eigenvalue weighted by Crippen LogP contribution is -2.17. The van der Waals surface area contributed by atoms with E-state index in [4.69, 9.17) is 4.74 Å². The largest absolute Gasteiger partial charge is 0.422 e. The van der Waals surface area contributed by atoms with Gasteiger partial charge in [-0.2, -0.15) is 5.10 Å². The first-order valence-corrected chi connectivity index (χ1v) is 8.73. The molecule has 2 aromatic carbocycles. The van der Waals surface area contributed by atoms with Crippen LogP contribution in [0.2, 0.25) is 0 Å². The summed E-state index contributed by atoms with van der Waals surface area (Å²) in [6.45, 7) is 0. The second-order valence-electron chi connectivity index (χ2n) is 5.38. The molecule has 0 aliphatic heterocycles. The lowest BCUT2D eigenvalue weighted by atomic mass is 10.2. The summed E-state index contributed by atoms with van der Waals surface area (Å²) in [5, 5.41) is 3.94. The number of pyridine rings is 1. The molecule has 3 aromatic rings. The molecule has 0 saturated carbocycles. The average molecular weight is 424 g/mol. The van der Waals surface area contributed by atoms with E-state index in [1.54, 1.807) is 60.8 Å². The van der Waals surface area contributed by atoms with Crippen molar-refractivity contribution in [3.8, 4) is 5.75 Å². The summed E-state index contributed by atoms with van der Waals surface area (Å²) in [5.74, 6) is -0.546. The average Bonchev–Trinajstić information content (AvgIpc) is 2.71. The number of carbonyl (C=O) groups is 2. The Balaban J connectivity index is 1.74. The zero-order chi connectivity index (χ0) is 19.1. The minimum Gasteiger partial charge on any atom is -0.422 e. The molecule has 1 heterocycles. The number of esters is 1. The number of amides is 1. The fourth-order valence-corrected chi connectivity index (χ4v) is 2.55. The van der Waals surface area contributed by atoms with Gasteiger partial charge in [-0.05, 0) is 42.5 Å². The second kappa shape index (κ2) is 8.86. The van der Waals surface area contributed by atoms with Crippen molar-refractivity contribution in [2.75, 3.05) is 0 Å². The molecule has 134 valence electrons. The summed E-state index contributed by atoms with van der Waals surface area (Å²) in [4.78, 5) is 28.1. The monoisotopic (exact) mass is 423 g/mol. The standard InChI is InChI=1S/C20H14BrN3O3/c21-17-8-9-18(27-20(26)14-5-2-1-3-6-14)16(11-17)13-23-24-19(25)15-7-4-10-22-12-15/h1-13H,(H,24,25)/b23-13-. The highest BCUT2D eigenvalue weighted by molar-refractivity contribution is 9.10. The van der Waals surface area contributed by atoms with E-state index in [0.717, 1.165) is 4.47 Å². The zero-order valence-electron chi connectivity index (χ0n) is 14.0. The van der Waals surface area contributed by atoms with E-state index >= 15 is 0 Å². The van der Waals surface area contributed by atoms with Crippen molar-refractivity contribution in [1.29, 1.82) is 0 Å². The van der Waals surface area contributed by atoms with Gasteiger partial charge in [-0.25, -0.2) is 10.2 Å². The lowest BCUT2D eigenvalue weighted by molar-refractivity contribution is 0.0734. The van der Waals surface area contributed by atoms with Gasteiger partial charge in [0.05, 0.1) is 17.3 Å². The number of hydrogen-bond acceptors (Lipinski definition) is 5. The van der Waals surface area contributed by atoms with E-state index in [1.807, 2.05) is 6.07 Å². The van der Waals surface area contributed by atoms with E-state index in [-0.39, 0.29) is 0 Å². The topological polar surface area (TPSA) is 80.6 Å². The Morgan fingerprint density at radius 2 is 1.81 bits per heavy atom. The SMILES string of the molecule is O=C(N/N=C\c1cc(Br)ccc1OC(=O)c1ccccc1)c1cccnc1. The first-order chi connectivity index (χ1) is 13.1. The van der Waals surface area contributed by atoms with Crippen LogP contribution in [0.5, 0.6) is 5.75 Å². The third kappa shape index (κ3) is 5.08. The molecule has 6 nitrogen and oxygen atoms in total. The van der Waals surface area contributed by atoms with Crippen LogP contribution in [0.25, 0.3) is 0 Å². The summed E-state index contributed by atoms with van der Waals surface area (Å²) in [6, 6.07) is 17.1. The Labute approximate surface area is 164 Å². The van der Waals surface area contributed by atoms with Gasteiger partial charge in [-0.15, -0.1) is 0 Å². The number of hydrogen-bond donors (Lipinski definition) is 1. The predicted octanol–water partition coefficient (Wildman–Crippen LogP) is 3.83. The highest BCUT2D eigenvalue weighted by Crippen LogP contribution is 2.23. The number of hydrazone groups is 1. The molecular weight excluding hydrogens is 410 g/mol. The van der Waals surface area contributed by atoms with Crippen LogP contribution in [0.3, 0.4) is 0 Å². The molecule has 0 bridgehead atoms. The molecule has 0 fully saturated rings. The number of rotatable bonds is 5. The summed E-state index contributed by atoms with van der Waals surface area (Å²) in [5.41, 5.74) is 3.77. The van der Waals surface area contributed by atoms with Gasteiger partial charge in [0.15, 0.2) is 0 Å². The Morgan fingerprint density at radius 1 is 1.04 bits per heavy atom. The number of nitrogens with zero attached hydrogens (tertiary/aromatic N) is 2. The smallest absolute Gasteiger partial charge is 0.343 e. The van der Waals surface area contributed by atoms with E-state index in [0.29, 0.717) is 22.4 Å². The van der Waals surface area contributed by atoms with Gasteiger partial charge in [-0.3, -0.25) is 9.78 Å². The fourth-order valence-electron chi connectivity index (χ4n) is 2.17. The molecule has 0 unspecified atom stereocenters. The van der Waals surface area contributed by atoms with Gasteiger partial charge in [0.25, 0.3) is 5.91 Å². The van der Waals surface area contributed by atoms with Gasteiger partial charge in [-0.1, -0.05) is 34.1 Å². The van der Waals surface area contributed by atoms with Crippen molar-refractivity contribution in [3.05, 3.63) is 94.2 Å². The molecular formula is C20H14BrN3O3. The summed E-state index contributed by atoms with van der Waals surface area (Å²) < 4.78 is 6.23. The van der Waals surface area contributed by atoms with Crippen LogP contribution in [0.1, 0.15) is 26.3 Å². The number of carbonyl (C=O) groups excluding carboxylic acids is 2. The Kier molecular flexibility index (Phi) is 6.06. The second-order valence-corrected chi connectivity index (χ2v) is 6.29. The third-order valence-corrected chi connectivity index (χ3v) is 3.97. The quantitative estimate of drug-likeness (QED) is 0.292. The van der Waals surface area contributed by atoms with Crippen LogP contribution in [-0.2, 0) is 0 Å². The fraction of sp³-hybridized carbons (Fsp3) is 0. The maximum atomic E-state index is 12.3. The summed E-state index contributed by atoms with van der Waals surface area (Å²) in [7, 11) is 0. The van der Waals surface area contributed by atoms with E-state index < -0.39 is 11.9 Å². The van der Waals surface area contributed by atoms with Gasteiger partial charge in [0, 0.05) is 22.4 Å². The van der Waals surface area contributed by atoms with Gasteiger partial charge in [0.1, 0.15) is 5.75 Å². The van der Waals surface area contributed by atoms with Crippen molar-refractivity contribution < 1.29 is 14.3 Å². The van der Waals surface area contributed by atoms with Gasteiger partial charge >= 0.3 is 5.97 Å². The minimum absolute atomic E-state index is 0.325. The van der Waals surface area contributed by atoms with E-state index in [9.17, 15) is 9.59 Å². The minimum atomic E-state index is -0.480. The number of aromatic nitrogens is 1. The maximum absolute atomic E-state index is 12.3. The van der Waals surface area contributed by atoms with Crippen molar-refractivity contribution in [2.45, 2.75) is 0 Å². The van der Waals surface area contributed by atoms with Crippen molar-refractivity contribution in [1.82, 2.24) is 10.4 Å². The van der Waals surface area contributed by atoms with E-state index in [2.05, 4.69) is 31.4 Å². The highest BCUT2D eigenvalue weighted by Gasteiger charge is 2.11. The number of halogens is 1. The first kappa shape index (κ1) is 18.5. The van der Waals surface area contributed by atoms with Crippen LogP contribution in [0.15, 0.2) is 82.6 Å². The Morgan fingerprint density at radius 3 is 2.56 bits per heavy atom. The highest BCUT2D eigenvalue weighted by atomic mass is 79.9. The normalized spacial score (nSPS) is 10.6. The van der Waals surface area contributed by atoms with Gasteiger partial charge < -0.3 is 4.74 Å². The molecule has 27 heavy (non-hydrogen) atoms. The molecule has 0 saturated heterocycles. The van der Waals surface area contributed by atoms with E-state index in [1.165, 1.54) is 12.4 Å². The number of benzene rings is 2. The lowest BCUT2D eigenvalue weighted by Gasteiger charge is -2.08. The van der Waals surface area contributed by atoms with Crippen molar-refractivity contribution >= 4 is 34.0 Å². The Bertz CT molecular complexity index is 976. The molecule has 1 amide bonds. The maximum Gasteiger partial charge on any atom is 0.343 e. The zero-order valence-corrected chi connectivity index (χ0v) is 15.6. The van der Waals surface area contributed by atoms with Crippen molar-refractivity contribution in [3.63, 3.8) is 0 Å². The van der Waals surface area contributed by atoms with Crippen molar-refractivity contribution in [2.24, 2.45) is 5.10 Å². The van der Waals surface area contributed by atoms with Crippen LogP contribution in [0, 0.1) is 0 Å². The molecule has 0 atom stereocenters.